The summed E-state index contributed by atoms with van der Waals surface area (Å²) in [5, 5.41) is 0. The van der Waals surface area contributed by atoms with Crippen molar-refractivity contribution >= 4 is 44.7 Å². The third-order valence-corrected chi connectivity index (χ3v) is 6.47. The minimum absolute atomic E-state index is 0.198. The summed E-state index contributed by atoms with van der Waals surface area (Å²) < 4.78 is 16.5. The van der Waals surface area contributed by atoms with Crippen LogP contribution in [-0.4, -0.2) is 20.6 Å². The molecule has 1 aliphatic carbocycles. The number of benzene rings is 1. The molecule has 1 fully saturated rings. The highest BCUT2D eigenvalue weighted by molar-refractivity contribution is 9.10. The summed E-state index contributed by atoms with van der Waals surface area (Å²) in [6, 6.07) is 3.23. The molecule has 0 bridgehead atoms. The lowest BCUT2D eigenvalue weighted by Crippen LogP contribution is -2.33. The lowest BCUT2D eigenvalue weighted by Gasteiger charge is -2.36. The third-order valence-electron chi connectivity index (χ3n) is 4.46. The van der Waals surface area contributed by atoms with Crippen molar-refractivity contribution in [3.63, 3.8) is 0 Å². The van der Waals surface area contributed by atoms with Gasteiger partial charge in [0.15, 0.2) is 0 Å². The van der Waals surface area contributed by atoms with Gasteiger partial charge in [-0.2, -0.15) is 11.8 Å². The topological polar surface area (TPSA) is 43.8 Å². The minimum atomic E-state index is -0.273. The van der Waals surface area contributed by atoms with Crippen molar-refractivity contribution in [3.05, 3.63) is 22.4 Å². The van der Waals surface area contributed by atoms with Gasteiger partial charge in [-0.15, -0.1) is 0 Å². The Bertz CT molecular complexity index is 664. The van der Waals surface area contributed by atoms with Crippen LogP contribution in [0.3, 0.4) is 0 Å². The molecule has 0 aliphatic heterocycles. The van der Waals surface area contributed by atoms with Crippen LogP contribution in [0.5, 0.6) is 0 Å². The molecule has 21 heavy (non-hydrogen) atoms. The summed E-state index contributed by atoms with van der Waals surface area (Å²) in [6.07, 6.45) is 8.36. The molecule has 114 valence electrons. The van der Waals surface area contributed by atoms with Crippen LogP contribution in [0, 0.1) is 5.82 Å². The molecule has 3 rings (SSSR count). The Morgan fingerprint density at radius 3 is 2.76 bits per heavy atom. The van der Waals surface area contributed by atoms with Gasteiger partial charge in [-0.3, -0.25) is 0 Å². The quantitative estimate of drug-likeness (QED) is 0.857. The fourth-order valence-electron chi connectivity index (χ4n) is 3.22. The number of thioether (sulfide) groups is 1. The fraction of sp³-hybridized carbons (Fsp3) is 0.533. The van der Waals surface area contributed by atoms with Crippen molar-refractivity contribution in [2.75, 3.05) is 12.0 Å². The van der Waals surface area contributed by atoms with E-state index in [0.29, 0.717) is 10.4 Å². The van der Waals surface area contributed by atoms with Crippen molar-refractivity contribution < 1.29 is 4.39 Å². The zero-order valence-corrected chi connectivity index (χ0v) is 14.4. The number of anilines is 1. The van der Waals surface area contributed by atoms with Crippen LogP contribution >= 0.6 is 27.7 Å². The largest absolute Gasteiger partial charge is 0.369 e. The lowest BCUT2D eigenvalue weighted by atomic mass is 9.88. The monoisotopic (exact) mass is 371 g/mol. The summed E-state index contributed by atoms with van der Waals surface area (Å²) in [5.41, 5.74) is 7.62. The number of imidazole rings is 1. The van der Waals surface area contributed by atoms with Crippen molar-refractivity contribution in [2.24, 2.45) is 0 Å². The molecule has 1 aromatic heterocycles. The second-order valence-corrected chi connectivity index (χ2v) is 7.89. The van der Waals surface area contributed by atoms with E-state index >= 15 is 0 Å². The van der Waals surface area contributed by atoms with Crippen LogP contribution in [0.1, 0.15) is 32.1 Å². The smallest absolute Gasteiger partial charge is 0.201 e. The molecule has 1 heterocycles. The first-order valence-corrected chi connectivity index (χ1v) is 9.22. The van der Waals surface area contributed by atoms with Crippen LogP contribution in [0.25, 0.3) is 11.0 Å². The van der Waals surface area contributed by atoms with Crippen LogP contribution in [0.15, 0.2) is 16.6 Å². The summed E-state index contributed by atoms with van der Waals surface area (Å²) in [5.74, 6) is 0.201. The molecule has 2 aromatic rings. The highest BCUT2D eigenvalue weighted by atomic mass is 79.9. The van der Waals surface area contributed by atoms with E-state index in [4.69, 9.17) is 5.73 Å². The van der Waals surface area contributed by atoms with E-state index in [1.807, 2.05) is 16.3 Å². The van der Waals surface area contributed by atoms with Gasteiger partial charge in [0.1, 0.15) is 5.82 Å². The zero-order valence-electron chi connectivity index (χ0n) is 12.0. The minimum Gasteiger partial charge on any atom is -0.369 e. The van der Waals surface area contributed by atoms with Gasteiger partial charge in [0.25, 0.3) is 0 Å². The molecule has 0 radical (unpaired) electrons. The predicted molar refractivity (Wildman–Crippen MR) is 91.1 cm³/mol. The molecule has 1 aromatic carbocycles. The number of nitrogen functional groups attached to an aromatic ring is 1. The maximum atomic E-state index is 13.9. The first-order valence-electron chi connectivity index (χ1n) is 7.21. The number of halogens is 2. The number of rotatable bonds is 3. The molecule has 1 aliphatic rings. The van der Waals surface area contributed by atoms with E-state index in [2.05, 4.69) is 27.2 Å². The van der Waals surface area contributed by atoms with Crippen LogP contribution in [0.4, 0.5) is 10.3 Å². The average Bonchev–Trinajstić information content (AvgIpc) is 2.76. The van der Waals surface area contributed by atoms with Gasteiger partial charge >= 0.3 is 0 Å². The predicted octanol–water partition coefficient (Wildman–Crippen LogP) is 4.59. The van der Waals surface area contributed by atoms with E-state index < -0.39 is 0 Å². The highest BCUT2D eigenvalue weighted by Gasteiger charge is 2.32. The molecule has 3 nitrogen and oxygen atoms in total. The Balaban J connectivity index is 2.03. The second-order valence-electron chi connectivity index (χ2n) is 5.76. The summed E-state index contributed by atoms with van der Waals surface area (Å²) in [4.78, 5) is 4.38. The zero-order chi connectivity index (χ0) is 15.0. The normalized spacial score (nSPS) is 18.2. The van der Waals surface area contributed by atoms with Gasteiger partial charge in [0.2, 0.25) is 5.95 Å². The van der Waals surface area contributed by atoms with Gasteiger partial charge in [0, 0.05) is 17.4 Å². The molecule has 0 atom stereocenters. The van der Waals surface area contributed by atoms with Crippen LogP contribution in [-0.2, 0) is 6.54 Å². The summed E-state index contributed by atoms with van der Waals surface area (Å²) in [7, 11) is 0. The molecule has 0 spiro atoms. The highest BCUT2D eigenvalue weighted by Crippen LogP contribution is 2.41. The van der Waals surface area contributed by atoms with Crippen molar-refractivity contribution in [1.29, 1.82) is 0 Å². The molecule has 2 N–H and O–H groups in total. The molecule has 6 heteroatoms. The summed E-state index contributed by atoms with van der Waals surface area (Å²) in [6.45, 7) is 0.803. The second kappa shape index (κ2) is 5.80. The molecular formula is C15H19BrFN3S. The molecular weight excluding hydrogens is 353 g/mol. The van der Waals surface area contributed by atoms with E-state index in [-0.39, 0.29) is 10.6 Å². The fourth-order valence-corrected chi connectivity index (χ4v) is 4.50. The van der Waals surface area contributed by atoms with E-state index in [1.165, 1.54) is 38.2 Å². The first kappa shape index (κ1) is 15.2. The number of nitrogens with zero attached hydrogens (tertiary/aromatic N) is 2. The van der Waals surface area contributed by atoms with Gasteiger partial charge < -0.3 is 10.3 Å². The van der Waals surface area contributed by atoms with Crippen molar-refractivity contribution in [1.82, 2.24) is 9.55 Å². The Kier molecular flexibility index (Phi) is 4.19. The Morgan fingerprint density at radius 2 is 2.10 bits per heavy atom. The van der Waals surface area contributed by atoms with Gasteiger partial charge in [-0.05, 0) is 41.1 Å². The number of hydrogen-bond acceptors (Lipinski definition) is 3. The SMILES string of the molecule is CSC1(Cn2c(N)nc3cc(Br)c(F)cc32)CCCCC1. The lowest BCUT2D eigenvalue weighted by molar-refractivity contribution is 0.363. The average molecular weight is 372 g/mol. The van der Waals surface area contributed by atoms with Gasteiger partial charge in [0.05, 0.1) is 15.5 Å². The van der Waals surface area contributed by atoms with Crippen LogP contribution in [0.2, 0.25) is 0 Å². The summed E-state index contributed by atoms with van der Waals surface area (Å²) >= 11 is 5.11. The Morgan fingerprint density at radius 1 is 1.38 bits per heavy atom. The number of aromatic nitrogens is 2. The number of nitrogens with two attached hydrogens (primary N) is 1. The Labute approximate surface area is 136 Å². The van der Waals surface area contributed by atoms with Crippen LogP contribution < -0.4 is 5.73 Å². The van der Waals surface area contributed by atoms with E-state index in [1.54, 1.807) is 6.07 Å². The number of hydrogen-bond donors (Lipinski definition) is 1. The third kappa shape index (κ3) is 2.80. The van der Waals surface area contributed by atoms with E-state index in [0.717, 1.165) is 17.6 Å². The van der Waals surface area contributed by atoms with Gasteiger partial charge in [-0.25, -0.2) is 9.37 Å². The van der Waals surface area contributed by atoms with Crippen molar-refractivity contribution in [3.8, 4) is 0 Å². The first-order chi connectivity index (χ1) is 10.0. The maximum Gasteiger partial charge on any atom is 0.201 e. The molecule has 1 saturated carbocycles. The van der Waals surface area contributed by atoms with Gasteiger partial charge in [-0.1, -0.05) is 19.3 Å². The molecule has 0 unspecified atom stereocenters. The number of fused-ring (bicyclic) bond motifs is 1. The van der Waals surface area contributed by atoms with Crippen molar-refractivity contribution in [2.45, 2.75) is 43.4 Å². The Hall–Kier alpha value is -0.750. The maximum absolute atomic E-state index is 13.9. The molecule has 0 amide bonds. The standard InChI is InChI=1S/C15H19BrFN3S/c1-21-15(5-3-2-4-6-15)9-20-13-8-11(17)10(16)7-12(13)19-14(20)18/h7-8H,2-6,9H2,1H3,(H2,18,19). The van der Waals surface area contributed by atoms with E-state index in [9.17, 15) is 4.39 Å². The molecule has 0 saturated heterocycles.